The fourth-order valence-electron chi connectivity index (χ4n) is 1.69. The molecule has 9 heteroatoms. The number of rotatable bonds is 3. The van der Waals surface area contributed by atoms with Crippen LogP contribution in [0.1, 0.15) is 0 Å². The second-order valence-corrected chi connectivity index (χ2v) is 5.67. The van der Waals surface area contributed by atoms with Crippen LogP contribution in [0.4, 0.5) is 30.2 Å². The molecule has 0 fully saturated rings. The minimum atomic E-state index is -4.08. The lowest BCUT2D eigenvalue weighted by atomic mass is 10.2. The number of benzene rings is 2. The number of hydrogen-bond donors (Lipinski definition) is 3. The number of nitrogen functional groups attached to an aromatic ring is 1. The molecule has 5 N–H and O–H groups in total. The molecule has 0 aliphatic carbocycles. The van der Waals surface area contributed by atoms with Crippen molar-refractivity contribution >= 4 is 27.1 Å². The molecular weight excluding hydrogens is 307 g/mol. The van der Waals surface area contributed by atoms with Crippen molar-refractivity contribution < 1.29 is 21.6 Å². The number of hydrogen-bond acceptors (Lipinski definition) is 4. The van der Waals surface area contributed by atoms with Gasteiger partial charge in [0, 0.05) is 12.1 Å². The molecule has 0 saturated carbocycles. The van der Waals surface area contributed by atoms with Gasteiger partial charge in [0.15, 0.2) is 11.6 Å². The van der Waals surface area contributed by atoms with Crippen LogP contribution in [-0.2, 0) is 10.0 Å². The summed E-state index contributed by atoms with van der Waals surface area (Å²) in [4.78, 5) is -0.384. The average molecular weight is 317 g/mol. The van der Waals surface area contributed by atoms with E-state index in [1.165, 1.54) is 12.1 Å². The Morgan fingerprint density at radius 3 is 2.33 bits per heavy atom. The first-order chi connectivity index (χ1) is 9.70. The lowest BCUT2D eigenvalue weighted by molar-refractivity contribution is 0.498. The highest BCUT2D eigenvalue weighted by molar-refractivity contribution is 7.89. The van der Waals surface area contributed by atoms with Crippen molar-refractivity contribution in [2.24, 2.45) is 5.14 Å². The molecule has 2 aromatic rings. The third kappa shape index (κ3) is 3.09. The molecule has 5 nitrogen and oxygen atoms in total. The first-order valence-corrected chi connectivity index (χ1v) is 7.07. The van der Waals surface area contributed by atoms with Gasteiger partial charge in [-0.15, -0.1) is 0 Å². The molecule has 2 rings (SSSR count). The van der Waals surface area contributed by atoms with Crippen LogP contribution in [0.2, 0.25) is 0 Å². The smallest absolute Gasteiger partial charge is 0.240 e. The lowest BCUT2D eigenvalue weighted by Gasteiger charge is -2.13. The van der Waals surface area contributed by atoms with Crippen LogP contribution in [0.15, 0.2) is 35.2 Å². The molecule has 21 heavy (non-hydrogen) atoms. The molecule has 0 radical (unpaired) electrons. The predicted molar refractivity (Wildman–Crippen MR) is 71.8 cm³/mol. The molecule has 2 aromatic carbocycles. The maximum Gasteiger partial charge on any atom is 0.240 e. The van der Waals surface area contributed by atoms with Crippen LogP contribution in [0.25, 0.3) is 0 Å². The largest absolute Gasteiger partial charge is 0.396 e. The molecule has 0 aliphatic rings. The van der Waals surface area contributed by atoms with E-state index in [1.54, 1.807) is 0 Å². The number of halogens is 3. The second kappa shape index (κ2) is 5.26. The van der Waals surface area contributed by atoms with E-state index in [-0.39, 0.29) is 16.3 Å². The van der Waals surface area contributed by atoms with Crippen LogP contribution >= 0.6 is 0 Å². The Hall–Kier alpha value is -2.26. The third-order valence-corrected chi connectivity index (χ3v) is 3.60. The number of nitrogens with two attached hydrogens (primary N) is 2. The molecule has 0 heterocycles. The summed E-state index contributed by atoms with van der Waals surface area (Å²) in [6.07, 6.45) is 0. The SMILES string of the molecule is Nc1c(Nc2cc(F)cc(F)c2F)cccc1S(N)(=O)=O. The monoisotopic (exact) mass is 317 g/mol. The Morgan fingerprint density at radius 1 is 1.05 bits per heavy atom. The van der Waals surface area contributed by atoms with E-state index in [9.17, 15) is 21.6 Å². The molecule has 0 saturated heterocycles. The van der Waals surface area contributed by atoms with E-state index in [0.29, 0.717) is 12.1 Å². The maximum atomic E-state index is 13.5. The summed E-state index contributed by atoms with van der Waals surface area (Å²) in [6.45, 7) is 0. The van der Waals surface area contributed by atoms with Gasteiger partial charge in [-0.1, -0.05) is 6.07 Å². The van der Waals surface area contributed by atoms with Gasteiger partial charge in [-0.05, 0) is 12.1 Å². The zero-order chi connectivity index (χ0) is 15.8. The van der Waals surface area contributed by atoms with E-state index in [2.05, 4.69) is 5.32 Å². The molecule has 0 bridgehead atoms. The normalized spacial score (nSPS) is 11.4. The van der Waals surface area contributed by atoms with Crippen LogP contribution < -0.4 is 16.2 Å². The predicted octanol–water partition coefficient (Wildman–Crippen LogP) is 2.08. The van der Waals surface area contributed by atoms with Gasteiger partial charge in [-0.3, -0.25) is 0 Å². The Kier molecular flexibility index (Phi) is 3.79. The summed E-state index contributed by atoms with van der Waals surface area (Å²) >= 11 is 0. The van der Waals surface area contributed by atoms with Gasteiger partial charge in [0.2, 0.25) is 10.0 Å². The Labute approximate surface area is 118 Å². The van der Waals surface area contributed by atoms with Gasteiger partial charge in [-0.2, -0.15) is 0 Å². The van der Waals surface area contributed by atoms with Crippen molar-refractivity contribution in [3.8, 4) is 0 Å². The van der Waals surface area contributed by atoms with Gasteiger partial charge in [-0.25, -0.2) is 26.7 Å². The molecule has 0 aromatic heterocycles. The minimum absolute atomic E-state index is 0.0505. The zero-order valence-electron chi connectivity index (χ0n) is 10.4. The topological polar surface area (TPSA) is 98.2 Å². The van der Waals surface area contributed by atoms with Crippen molar-refractivity contribution in [1.29, 1.82) is 0 Å². The molecular formula is C12H10F3N3O2S. The Balaban J connectivity index is 2.51. The highest BCUT2D eigenvalue weighted by atomic mass is 32.2. The van der Waals surface area contributed by atoms with Gasteiger partial charge in [0.1, 0.15) is 10.7 Å². The highest BCUT2D eigenvalue weighted by Crippen LogP contribution is 2.30. The van der Waals surface area contributed by atoms with Crippen LogP contribution in [0.5, 0.6) is 0 Å². The van der Waals surface area contributed by atoms with Crippen molar-refractivity contribution in [2.75, 3.05) is 11.1 Å². The van der Waals surface area contributed by atoms with Gasteiger partial charge in [0.25, 0.3) is 0 Å². The average Bonchev–Trinajstić information content (AvgIpc) is 2.36. The van der Waals surface area contributed by atoms with Gasteiger partial charge >= 0.3 is 0 Å². The fourth-order valence-corrected chi connectivity index (χ4v) is 2.38. The minimum Gasteiger partial charge on any atom is -0.396 e. The van der Waals surface area contributed by atoms with E-state index in [4.69, 9.17) is 10.9 Å². The van der Waals surface area contributed by atoms with Crippen molar-refractivity contribution in [2.45, 2.75) is 4.90 Å². The van der Waals surface area contributed by atoms with E-state index in [0.717, 1.165) is 6.07 Å². The number of primary sulfonamides is 1. The maximum absolute atomic E-state index is 13.5. The summed E-state index contributed by atoms with van der Waals surface area (Å²) in [7, 11) is -4.08. The Morgan fingerprint density at radius 2 is 1.71 bits per heavy atom. The summed E-state index contributed by atoms with van der Waals surface area (Å²) in [6, 6.07) is 4.85. The molecule has 0 spiro atoms. The summed E-state index contributed by atoms with van der Waals surface area (Å²) in [5, 5.41) is 7.30. The first kappa shape index (κ1) is 15.1. The standard InChI is InChI=1S/C12H10F3N3O2S/c13-6-4-7(14)11(15)9(5-6)18-8-2-1-3-10(12(8)16)21(17,19)20/h1-5,18H,16H2,(H2,17,19,20). The molecule has 0 aliphatic heterocycles. The molecule has 0 unspecified atom stereocenters. The number of anilines is 3. The molecule has 112 valence electrons. The zero-order valence-corrected chi connectivity index (χ0v) is 11.2. The molecule has 0 amide bonds. The second-order valence-electron chi connectivity index (χ2n) is 4.14. The van der Waals surface area contributed by atoms with E-state index in [1.807, 2.05) is 0 Å². The summed E-state index contributed by atoms with van der Waals surface area (Å²) in [5.41, 5.74) is 4.75. The number of sulfonamides is 1. The van der Waals surface area contributed by atoms with Crippen LogP contribution in [0, 0.1) is 17.5 Å². The van der Waals surface area contributed by atoms with Crippen molar-refractivity contribution in [3.05, 3.63) is 47.8 Å². The Bertz CT molecular complexity index is 810. The van der Waals surface area contributed by atoms with E-state index >= 15 is 0 Å². The van der Waals surface area contributed by atoms with Crippen molar-refractivity contribution in [1.82, 2.24) is 0 Å². The molecule has 0 atom stereocenters. The highest BCUT2D eigenvalue weighted by Gasteiger charge is 2.17. The number of nitrogens with one attached hydrogen (secondary N) is 1. The van der Waals surface area contributed by atoms with Crippen molar-refractivity contribution in [3.63, 3.8) is 0 Å². The van der Waals surface area contributed by atoms with Crippen LogP contribution in [0.3, 0.4) is 0 Å². The third-order valence-electron chi connectivity index (χ3n) is 2.63. The summed E-state index contributed by atoms with van der Waals surface area (Å²) in [5.74, 6) is -3.71. The number of para-hydroxylation sites is 1. The van der Waals surface area contributed by atoms with Crippen LogP contribution in [-0.4, -0.2) is 8.42 Å². The summed E-state index contributed by atoms with van der Waals surface area (Å²) < 4.78 is 62.4. The quantitative estimate of drug-likeness (QED) is 0.596. The van der Waals surface area contributed by atoms with E-state index < -0.39 is 33.2 Å². The lowest BCUT2D eigenvalue weighted by Crippen LogP contribution is -2.15. The fraction of sp³-hybridized carbons (Fsp3) is 0. The van der Waals surface area contributed by atoms with Gasteiger partial charge in [0.05, 0.1) is 17.1 Å². The van der Waals surface area contributed by atoms with Gasteiger partial charge < -0.3 is 11.1 Å². The first-order valence-electron chi connectivity index (χ1n) is 5.53.